The van der Waals surface area contributed by atoms with E-state index in [9.17, 15) is 4.79 Å². The molecule has 0 aliphatic rings. The summed E-state index contributed by atoms with van der Waals surface area (Å²) in [5.41, 5.74) is 1.82. The molecule has 0 aliphatic carbocycles. The van der Waals surface area contributed by atoms with E-state index >= 15 is 0 Å². The Bertz CT molecular complexity index is 1210. The van der Waals surface area contributed by atoms with Gasteiger partial charge in [-0.3, -0.25) is 0 Å². The van der Waals surface area contributed by atoms with Crippen molar-refractivity contribution in [3.8, 4) is 17.0 Å². The minimum atomic E-state index is -1.04. The van der Waals surface area contributed by atoms with Gasteiger partial charge in [0, 0.05) is 11.6 Å². The van der Waals surface area contributed by atoms with Crippen LogP contribution in [0.5, 0.6) is 5.75 Å². The number of hydrogen-bond donors (Lipinski definition) is 2. The molecule has 8 nitrogen and oxygen atoms in total. The van der Waals surface area contributed by atoms with Crippen molar-refractivity contribution in [2.24, 2.45) is 0 Å². The second kappa shape index (κ2) is 8.78. The van der Waals surface area contributed by atoms with Gasteiger partial charge in [0.2, 0.25) is 5.95 Å². The largest absolute Gasteiger partial charge is 0.482 e. The van der Waals surface area contributed by atoms with Gasteiger partial charge in [-0.1, -0.05) is 29.3 Å². The maximum Gasteiger partial charge on any atom is 0.341 e. The van der Waals surface area contributed by atoms with Crippen molar-refractivity contribution in [2.45, 2.75) is 6.54 Å². The average Bonchev–Trinajstić information content (AvgIpc) is 3.13. The minimum absolute atomic E-state index is 0.313. The van der Waals surface area contributed by atoms with E-state index in [0.717, 1.165) is 15.2 Å². The Hall–Kier alpha value is -3.01. The van der Waals surface area contributed by atoms with E-state index in [1.807, 2.05) is 6.07 Å². The first-order chi connectivity index (χ1) is 14.5. The van der Waals surface area contributed by atoms with Crippen LogP contribution >= 0.6 is 34.5 Å². The molecule has 0 fully saturated rings. The molecule has 0 saturated carbocycles. The van der Waals surface area contributed by atoms with Gasteiger partial charge in [0.15, 0.2) is 6.61 Å². The molecule has 0 saturated heterocycles. The molecule has 2 heterocycles. The van der Waals surface area contributed by atoms with Gasteiger partial charge in [-0.25, -0.2) is 14.8 Å². The van der Waals surface area contributed by atoms with Gasteiger partial charge in [-0.2, -0.15) is 5.10 Å². The Balaban J connectivity index is 1.49. The van der Waals surface area contributed by atoms with Crippen LogP contribution in [0.1, 0.15) is 5.01 Å². The predicted molar refractivity (Wildman–Crippen MR) is 115 cm³/mol. The molecule has 152 valence electrons. The first-order valence-corrected chi connectivity index (χ1v) is 10.2. The lowest BCUT2D eigenvalue weighted by atomic mass is 10.1. The summed E-state index contributed by atoms with van der Waals surface area (Å²) in [4.78, 5) is 19.6. The van der Waals surface area contributed by atoms with Crippen LogP contribution in [0.15, 0.2) is 42.6 Å². The standard InChI is InChI=1S/C19H13Cl2N5O3S/c20-11-2-1-3-12(21)18(11)14-7-23-26-19(25-14)22-8-16-24-13-6-10(29-9-17(27)28)4-5-15(13)30-16/h1-7H,8-9H2,(H,27,28)(H,22,25,26). The normalized spacial score (nSPS) is 10.9. The summed E-state index contributed by atoms with van der Waals surface area (Å²) in [6.07, 6.45) is 1.49. The number of rotatable bonds is 7. The van der Waals surface area contributed by atoms with Crippen LogP contribution in [0.25, 0.3) is 21.5 Å². The molecule has 2 N–H and O–H groups in total. The van der Waals surface area contributed by atoms with Gasteiger partial charge in [0.25, 0.3) is 0 Å². The summed E-state index contributed by atoms with van der Waals surface area (Å²) in [5.74, 6) is -0.271. The smallest absolute Gasteiger partial charge is 0.341 e. The summed E-state index contributed by atoms with van der Waals surface area (Å²) in [5, 5.41) is 21.5. The van der Waals surface area contributed by atoms with Crippen LogP contribution in [-0.4, -0.2) is 37.8 Å². The Morgan fingerprint density at radius 1 is 1.17 bits per heavy atom. The zero-order chi connectivity index (χ0) is 21.1. The van der Waals surface area contributed by atoms with Crippen molar-refractivity contribution < 1.29 is 14.6 Å². The number of ether oxygens (including phenoxy) is 1. The van der Waals surface area contributed by atoms with Crippen LogP contribution in [0, 0.1) is 0 Å². The number of thiazole rings is 1. The third kappa shape index (κ3) is 4.59. The lowest BCUT2D eigenvalue weighted by molar-refractivity contribution is -0.139. The fraction of sp³-hybridized carbons (Fsp3) is 0.105. The van der Waals surface area contributed by atoms with E-state index in [4.69, 9.17) is 33.0 Å². The topological polar surface area (TPSA) is 110 Å². The molecule has 11 heteroatoms. The Morgan fingerprint density at radius 2 is 1.97 bits per heavy atom. The monoisotopic (exact) mass is 461 g/mol. The van der Waals surface area contributed by atoms with E-state index in [0.29, 0.717) is 39.5 Å². The zero-order valence-electron chi connectivity index (χ0n) is 15.2. The van der Waals surface area contributed by atoms with E-state index in [1.54, 1.807) is 30.3 Å². The zero-order valence-corrected chi connectivity index (χ0v) is 17.5. The highest BCUT2D eigenvalue weighted by Gasteiger charge is 2.12. The quantitative estimate of drug-likeness (QED) is 0.412. The SMILES string of the molecule is O=C(O)COc1ccc2sc(CNc3nncc(-c4c(Cl)cccc4Cl)n3)nc2c1. The molecule has 0 atom stereocenters. The molecule has 0 spiro atoms. The predicted octanol–water partition coefficient (Wildman–Crippen LogP) is 4.53. The maximum absolute atomic E-state index is 10.6. The number of nitrogens with one attached hydrogen (secondary N) is 1. The third-order valence-corrected chi connectivity index (χ3v) is 5.61. The Morgan fingerprint density at radius 3 is 2.73 bits per heavy atom. The molecule has 2 aromatic carbocycles. The van der Waals surface area contributed by atoms with Crippen LogP contribution in [0.3, 0.4) is 0 Å². The van der Waals surface area contributed by atoms with Gasteiger partial charge >= 0.3 is 5.97 Å². The van der Waals surface area contributed by atoms with Crippen molar-refractivity contribution in [3.63, 3.8) is 0 Å². The summed E-state index contributed by atoms with van der Waals surface area (Å²) in [6.45, 7) is -0.0216. The molecule has 0 unspecified atom stereocenters. The van der Waals surface area contributed by atoms with E-state index in [1.165, 1.54) is 17.5 Å². The number of benzene rings is 2. The fourth-order valence-corrected chi connectivity index (χ4v) is 4.14. The summed E-state index contributed by atoms with van der Waals surface area (Å²) in [6, 6.07) is 10.5. The van der Waals surface area contributed by atoms with Gasteiger partial charge in [-0.15, -0.1) is 16.4 Å². The number of carboxylic acids is 1. The first kappa shape index (κ1) is 20.3. The van der Waals surface area contributed by atoms with Gasteiger partial charge in [0.1, 0.15) is 10.8 Å². The highest BCUT2D eigenvalue weighted by atomic mass is 35.5. The highest BCUT2D eigenvalue weighted by molar-refractivity contribution is 7.18. The van der Waals surface area contributed by atoms with E-state index < -0.39 is 12.6 Å². The number of aliphatic carboxylic acids is 1. The number of carbonyl (C=O) groups is 1. The molecule has 30 heavy (non-hydrogen) atoms. The molecular formula is C19H13Cl2N5O3S. The lowest BCUT2D eigenvalue weighted by Gasteiger charge is -2.07. The van der Waals surface area contributed by atoms with Crippen molar-refractivity contribution in [3.05, 3.63) is 57.6 Å². The lowest BCUT2D eigenvalue weighted by Crippen LogP contribution is -2.09. The summed E-state index contributed by atoms with van der Waals surface area (Å²) < 4.78 is 6.14. The second-order valence-electron chi connectivity index (χ2n) is 6.03. The van der Waals surface area contributed by atoms with Crippen LogP contribution in [0.4, 0.5) is 5.95 Å². The molecule has 0 bridgehead atoms. The second-order valence-corrected chi connectivity index (χ2v) is 7.96. The van der Waals surface area contributed by atoms with Crippen molar-refractivity contribution in [2.75, 3.05) is 11.9 Å². The number of aromatic nitrogens is 4. The highest BCUT2D eigenvalue weighted by Crippen LogP contribution is 2.33. The third-order valence-electron chi connectivity index (χ3n) is 3.94. The van der Waals surface area contributed by atoms with Gasteiger partial charge in [0.05, 0.1) is 38.7 Å². The van der Waals surface area contributed by atoms with Crippen LogP contribution in [-0.2, 0) is 11.3 Å². The molecule has 2 aromatic heterocycles. The first-order valence-electron chi connectivity index (χ1n) is 8.61. The number of fused-ring (bicyclic) bond motifs is 1. The molecule has 0 aliphatic heterocycles. The average molecular weight is 462 g/mol. The van der Waals surface area contributed by atoms with Crippen LogP contribution in [0.2, 0.25) is 10.0 Å². The minimum Gasteiger partial charge on any atom is -0.482 e. The van der Waals surface area contributed by atoms with Crippen LogP contribution < -0.4 is 10.1 Å². The summed E-state index contributed by atoms with van der Waals surface area (Å²) in [7, 11) is 0. The Labute approximate surface area is 184 Å². The molecule has 0 radical (unpaired) electrons. The number of anilines is 1. The molecule has 4 aromatic rings. The van der Waals surface area contributed by atoms with Crippen molar-refractivity contribution >= 4 is 56.7 Å². The molecule has 4 rings (SSSR count). The fourth-order valence-electron chi connectivity index (χ4n) is 2.66. The number of hydrogen-bond acceptors (Lipinski definition) is 8. The van der Waals surface area contributed by atoms with Gasteiger partial charge < -0.3 is 15.2 Å². The number of halogens is 2. The maximum atomic E-state index is 10.6. The number of carboxylic acid groups (broad SMARTS) is 1. The van der Waals surface area contributed by atoms with Gasteiger partial charge in [-0.05, 0) is 24.3 Å². The summed E-state index contributed by atoms with van der Waals surface area (Å²) >= 11 is 14.0. The number of nitrogens with zero attached hydrogens (tertiary/aromatic N) is 4. The molecule has 0 amide bonds. The van der Waals surface area contributed by atoms with Crippen molar-refractivity contribution in [1.82, 2.24) is 20.2 Å². The van der Waals surface area contributed by atoms with E-state index in [-0.39, 0.29) is 0 Å². The Kier molecular flexibility index (Phi) is 5.93. The molecular weight excluding hydrogens is 449 g/mol. The van der Waals surface area contributed by atoms with Crippen molar-refractivity contribution in [1.29, 1.82) is 0 Å². The van der Waals surface area contributed by atoms with E-state index in [2.05, 4.69) is 25.5 Å².